The molecular weight excluding hydrogens is 479 g/mol. The van der Waals surface area contributed by atoms with Gasteiger partial charge in [-0.2, -0.15) is 0 Å². The van der Waals surface area contributed by atoms with Crippen molar-refractivity contribution < 1.29 is 4.74 Å². The standard InChI is InChI=1S/C21H38N6O.HI/c1-4-28-14-13-21(11-7-8-12-21)16-23-20(24-18-9-5-6-10-18)22-15-19-26-25-17(2)27(19)3;/h18H,4-16H2,1-3H3,(H2,22,23,24);1H. The molecule has 0 saturated heterocycles. The molecule has 0 radical (unpaired) electrons. The first-order valence-electron chi connectivity index (χ1n) is 11.1. The Morgan fingerprint density at radius 3 is 2.55 bits per heavy atom. The van der Waals surface area contributed by atoms with Gasteiger partial charge in [0.2, 0.25) is 0 Å². The first-order valence-corrected chi connectivity index (χ1v) is 11.1. The molecule has 0 unspecified atom stereocenters. The van der Waals surface area contributed by atoms with E-state index >= 15 is 0 Å². The van der Waals surface area contributed by atoms with E-state index < -0.39 is 0 Å². The lowest BCUT2D eigenvalue weighted by molar-refractivity contribution is 0.105. The highest BCUT2D eigenvalue weighted by Gasteiger charge is 2.33. The number of ether oxygens (including phenoxy) is 1. The van der Waals surface area contributed by atoms with Gasteiger partial charge in [-0.25, -0.2) is 4.99 Å². The fourth-order valence-corrected chi connectivity index (χ4v) is 4.50. The zero-order chi connectivity index (χ0) is 19.8. The molecule has 2 saturated carbocycles. The van der Waals surface area contributed by atoms with Crippen molar-refractivity contribution in [3.05, 3.63) is 11.6 Å². The lowest BCUT2D eigenvalue weighted by atomic mass is 9.83. The van der Waals surface area contributed by atoms with E-state index in [2.05, 4.69) is 27.8 Å². The van der Waals surface area contributed by atoms with Crippen LogP contribution in [0.25, 0.3) is 0 Å². The van der Waals surface area contributed by atoms with Crippen molar-refractivity contribution in [2.45, 2.75) is 84.2 Å². The Balaban J connectivity index is 0.00000300. The van der Waals surface area contributed by atoms with Crippen molar-refractivity contribution in [2.24, 2.45) is 17.5 Å². The zero-order valence-electron chi connectivity index (χ0n) is 18.4. The van der Waals surface area contributed by atoms with Crippen molar-refractivity contribution in [3.8, 4) is 0 Å². The minimum atomic E-state index is 0. The highest BCUT2D eigenvalue weighted by molar-refractivity contribution is 14.0. The lowest BCUT2D eigenvalue weighted by Gasteiger charge is -2.30. The number of guanidine groups is 1. The molecule has 0 atom stereocenters. The van der Waals surface area contributed by atoms with Crippen LogP contribution in [0.1, 0.15) is 76.4 Å². The predicted molar refractivity (Wildman–Crippen MR) is 128 cm³/mol. The number of hydrogen-bond donors (Lipinski definition) is 2. The average molecular weight is 518 g/mol. The van der Waals surface area contributed by atoms with Crippen molar-refractivity contribution in [2.75, 3.05) is 19.8 Å². The number of nitrogens with zero attached hydrogens (tertiary/aromatic N) is 4. The molecule has 1 heterocycles. The van der Waals surface area contributed by atoms with Crippen molar-refractivity contribution in [1.29, 1.82) is 0 Å². The van der Waals surface area contributed by atoms with Crippen LogP contribution in [-0.2, 0) is 18.3 Å². The van der Waals surface area contributed by atoms with Crippen molar-refractivity contribution in [1.82, 2.24) is 25.4 Å². The minimum Gasteiger partial charge on any atom is -0.382 e. The Morgan fingerprint density at radius 2 is 1.93 bits per heavy atom. The van der Waals surface area contributed by atoms with Crippen LogP contribution < -0.4 is 10.6 Å². The van der Waals surface area contributed by atoms with E-state index in [0.29, 0.717) is 18.0 Å². The Hall–Kier alpha value is -0.900. The van der Waals surface area contributed by atoms with Gasteiger partial charge < -0.3 is 19.9 Å². The fourth-order valence-electron chi connectivity index (χ4n) is 4.50. The summed E-state index contributed by atoms with van der Waals surface area (Å²) in [5, 5.41) is 15.8. The maximum Gasteiger partial charge on any atom is 0.191 e. The second-order valence-electron chi connectivity index (χ2n) is 8.52. The van der Waals surface area contributed by atoms with E-state index in [1.807, 2.05) is 18.5 Å². The highest BCUT2D eigenvalue weighted by atomic mass is 127. The molecule has 3 rings (SSSR count). The molecule has 2 aliphatic rings. The Bertz CT molecular complexity index is 635. The number of aliphatic imine (C=N–C) groups is 1. The quantitative estimate of drug-likeness (QED) is 0.226. The maximum absolute atomic E-state index is 5.66. The number of halogens is 1. The number of rotatable bonds is 9. The molecule has 0 spiro atoms. The molecule has 2 fully saturated rings. The van der Waals surface area contributed by atoms with Crippen LogP contribution in [0.3, 0.4) is 0 Å². The molecule has 29 heavy (non-hydrogen) atoms. The van der Waals surface area contributed by atoms with Crippen LogP contribution in [0.15, 0.2) is 4.99 Å². The van der Waals surface area contributed by atoms with E-state index in [1.54, 1.807) is 0 Å². The van der Waals surface area contributed by atoms with Crippen molar-refractivity contribution >= 4 is 29.9 Å². The summed E-state index contributed by atoms with van der Waals surface area (Å²) >= 11 is 0. The monoisotopic (exact) mass is 518 g/mol. The van der Waals surface area contributed by atoms with Gasteiger partial charge in [0.25, 0.3) is 0 Å². The summed E-state index contributed by atoms with van der Waals surface area (Å²) < 4.78 is 7.68. The largest absolute Gasteiger partial charge is 0.382 e. The van der Waals surface area contributed by atoms with E-state index in [0.717, 1.165) is 43.8 Å². The van der Waals surface area contributed by atoms with Gasteiger partial charge in [0.15, 0.2) is 11.8 Å². The summed E-state index contributed by atoms with van der Waals surface area (Å²) in [5.41, 5.74) is 0.342. The molecule has 1 aromatic heterocycles. The molecule has 0 bridgehead atoms. The SMILES string of the molecule is CCOCCC1(CNC(=NCc2nnc(C)n2C)NC2CCCC2)CCCC1.I. The molecule has 166 valence electrons. The predicted octanol–water partition coefficient (Wildman–Crippen LogP) is 3.71. The Labute approximate surface area is 192 Å². The summed E-state index contributed by atoms with van der Waals surface area (Å²) in [4.78, 5) is 4.86. The third-order valence-electron chi connectivity index (χ3n) is 6.53. The second kappa shape index (κ2) is 12.1. The van der Waals surface area contributed by atoms with Gasteiger partial charge in [-0.15, -0.1) is 34.2 Å². The normalized spacial score (nSPS) is 19.3. The first kappa shape index (κ1) is 24.4. The minimum absolute atomic E-state index is 0. The van der Waals surface area contributed by atoms with Gasteiger partial charge in [-0.05, 0) is 51.4 Å². The van der Waals surface area contributed by atoms with Crippen molar-refractivity contribution in [3.63, 3.8) is 0 Å². The van der Waals surface area contributed by atoms with Crippen LogP contribution in [-0.4, -0.2) is 46.5 Å². The van der Waals surface area contributed by atoms with Gasteiger partial charge in [0.1, 0.15) is 12.4 Å². The number of aromatic nitrogens is 3. The summed E-state index contributed by atoms with van der Waals surface area (Å²) in [6.45, 7) is 7.22. The van der Waals surface area contributed by atoms with Gasteiger partial charge in [-0.3, -0.25) is 0 Å². The molecule has 0 aliphatic heterocycles. The van der Waals surface area contributed by atoms with E-state index in [-0.39, 0.29) is 24.0 Å². The van der Waals surface area contributed by atoms with Crippen LogP contribution >= 0.6 is 24.0 Å². The second-order valence-corrected chi connectivity index (χ2v) is 8.52. The van der Waals surface area contributed by atoms with Crippen LogP contribution in [0.5, 0.6) is 0 Å². The Kier molecular flexibility index (Phi) is 10.1. The lowest BCUT2D eigenvalue weighted by Crippen LogP contribution is -2.46. The van der Waals surface area contributed by atoms with Crippen LogP contribution in [0.2, 0.25) is 0 Å². The molecular formula is C21H39IN6O. The van der Waals surface area contributed by atoms with Crippen LogP contribution in [0.4, 0.5) is 0 Å². The molecule has 8 heteroatoms. The molecule has 0 amide bonds. The molecule has 1 aromatic rings. The summed E-state index contributed by atoms with van der Waals surface area (Å²) in [7, 11) is 2.00. The summed E-state index contributed by atoms with van der Waals surface area (Å²) in [6.07, 6.45) is 11.4. The third-order valence-corrected chi connectivity index (χ3v) is 6.53. The number of nitrogens with one attached hydrogen (secondary N) is 2. The van der Waals surface area contributed by atoms with Crippen LogP contribution in [0, 0.1) is 12.3 Å². The first-order chi connectivity index (χ1) is 13.6. The fraction of sp³-hybridized carbons (Fsp3) is 0.857. The van der Waals surface area contributed by atoms with E-state index in [4.69, 9.17) is 9.73 Å². The van der Waals surface area contributed by atoms with Gasteiger partial charge in [0.05, 0.1) is 0 Å². The smallest absolute Gasteiger partial charge is 0.191 e. The molecule has 2 aliphatic carbocycles. The van der Waals surface area contributed by atoms with E-state index in [9.17, 15) is 0 Å². The van der Waals surface area contributed by atoms with Gasteiger partial charge >= 0.3 is 0 Å². The maximum atomic E-state index is 5.66. The van der Waals surface area contributed by atoms with E-state index in [1.165, 1.54) is 51.4 Å². The van der Waals surface area contributed by atoms with Gasteiger partial charge in [0, 0.05) is 32.8 Å². The molecule has 0 aromatic carbocycles. The molecule has 2 N–H and O–H groups in total. The molecule has 7 nitrogen and oxygen atoms in total. The van der Waals surface area contributed by atoms with Gasteiger partial charge in [-0.1, -0.05) is 25.7 Å². The average Bonchev–Trinajstić information content (AvgIpc) is 3.43. The Morgan fingerprint density at radius 1 is 1.21 bits per heavy atom. The summed E-state index contributed by atoms with van der Waals surface area (Å²) in [6, 6.07) is 0.537. The number of hydrogen-bond acceptors (Lipinski definition) is 4. The topological polar surface area (TPSA) is 76.4 Å². The zero-order valence-corrected chi connectivity index (χ0v) is 20.7. The summed E-state index contributed by atoms with van der Waals surface area (Å²) in [5.74, 6) is 2.75. The number of aryl methyl sites for hydroxylation is 1. The highest BCUT2D eigenvalue weighted by Crippen LogP contribution is 2.40. The third kappa shape index (κ3) is 7.08.